The van der Waals surface area contributed by atoms with Crippen LogP contribution in [0.3, 0.4) is 0 Å². The number of hydrogen-bond donors (Lipinski definition) is 2. The third-order valence-electron chi connectivity index (χ3n) is 2.40. The number of esters is 1. The molecule has 0 fully saturated rings. The van der Waals surface area contributed by atoms with Crippen molar-refractivity contribution in [3.63, 3.8) is 0 Å². The Hall–Kier alpha value is -2.08. The van der Waals surface area contributed by atoms with Gasteiger partial charge in [-0.1, -0.05) is 12.1 Å². The number of hydrogen-bond acceptors (Lipinski definition) is 5. The zero-order chi connectivity index (χ0) is 12.4. The van der Waals surface area contributed by atoms with Gasteiger partial charge in [0, 0.05) is 5.56 Å². The largest absolute Gasteiger partial charge is 0.482 e. The Labute approximate surface area is 97.1 Å². The lowest BCUT2D eigenvalue weighted by molar-refractivity contribution is -0.150. The van der Waals surface area contributed by atoms with Crippen LogP contribution >= 0.6 is 0 Å². The third-order valence-corrected chi connectivity index (χ3v) is 2.40. The Bertz CT molecular complexity index is 471. The van der Waals surface area contributed by atoms with Gasteiger partial charge in [0.15, 0.2) is 12.7 Å². The molecule has 1 aliphatic heterocycles. The fourth-order valence-corrected chi connectivity index (χ4v) is 1.59. The Balaban J connectivity index is 2.41. The minimum Gasteiger partial charge on any atom is -0.482 e. The Kier molecular flexibility index (Phi) is 2.97. The summed E-state index contributed by atoms with van der Waals surface area (Å²) in [4.78, 5) is 22.5. The first-order chi connectivity index (χ1) is 8.13. The molecule has 0 aromatic heterocycles. The van der Waals surface area contributed by atoms with E-state index in [0.29, 0.717) is 11.4 Å². The summed E-state index contributed by atoms with van der Waals surface area (Å²) in [6.07, 6.45) is -1.45. The highest BCUT2D eigenvalue weighted by molar-refractivity contribution is 5.97. The summed E-state index contributed by atoms with van der Waals surface area (Å²) in [7, 11) is 1.18. The molecule has 0 saturated heterocycles. The van der Waals surface area contributed by atoms with Crippen molar-refractivity contribution in [2.75, 3.05) is 19.0 Å². The predicted octanol–water partition coefficient (Wildman–Crippen LogP) is 0.224. The monoisotopic (exact) mass is 237 g/mol. The number of carbonyl (C=O) groups excluding carboxylic acids is 2. The van der Waals surface area contributed by atoms with Crippen molar-refractivity contribution in [3.8, 4) is 5.75 Å². The zero-order valence-corrected chi connectivity index (χ0v) is 9.10. The van der Waals surface area contributed by atoms with Gasteiger partial charge in [0.2, 0.25) is 0 Å². The second kappa shape index (κ2) is 4.42. The van der Waals surface area contributed by atoms with Crippen LogP contribution in [-0.4, -0.2) is 30.7 Å². The van der Waals surface area contributed by atoms with Crippen molar-refractivity contribution in [2.24, 2.45) is 0 Å². The molecule has 1 unspecified atom stereocenters. The van der Waals surface area contributed by atoms with Crippen LogP contribution in [0.2, 0.25) is 0 Å². The summed E-state index contributed by atoms with van der Waals surface area (Å²) in [6.45, 7) is -0.0786. The number of amides is 1. The van der Waals surface area contributed by atoms with Crippen LogP contribution in [0.25, 0.3) is 0 Å². The fourth-order valence-electron chi connectivity index (χ4n) is 1.59. The minimum absolute atomic E-state index is 0.0786. The zero-order valence-electron chi connectivity index (χ0n) is 9.10. The number of nitrogens with one attached hydrogen (secondary N) is 1. The van der Waals surface area contributed by atoms with E-state index in [0.717, 1.165) is 0 Å². The molecule has 1 heterocycles. The maximum absolute atomic E-state index is 11.3. The molecule has 0 radical (unpaired) electrons. The van der Waals surface area contributed by atoms with Gasteiger partial charge in [-0.25, -0.2) is 4.79 Å². The van der Waals surface area contributed by atoms with Gasteiger partial charge in [-0.2, -0.15) is 0 Å². The average molecular weight is 237 g/mol. The predicted molar refractivity (Wildman–Crippen MR) is 57.5 cm³/mol. The summed E-state index contributed by atoms with van der Waals surface area (Å²) in [5.74, 6) is -0.703. The van der Waals surface area contributed by atoms with E-state index in [-0.39, 0.29) is 18.1 Å². The van der Waals surface area contributed by atoms with Gasteiger partial charge in [-0.15, -0.1) is 0 Å². The van der Waals surface area contributed by atoms with Crippen LogP contribution in [0.4, 0.5) is 5.69 Å². The third kappa shape index (κ3) is 2.07. The van der Waals surface area contributed by atoms with Crippen LogP contribution in [-0.2, 0) is 14.3 Å². The Morgan fingerprint density at radius 3 is 3.06 bits per heavy atom. The van der Waals surface area contributed by atoms with Crippen molar-refractivity contribution in [1.29, 1.82) is 0 Å². The van der Waals surface area contributed by atoms with E-state index >= 15 is 0 Å². The lowest BCUT2D eigenvalue weighted by Gasteiger charge is -2.22. The molecule has 1 aromatic rings. The smallest absolute Gasteiger partial charge is 0.339 e. The molecule has 2 N–H and O–H groups in total. The second-order valence-corrected chi connectivity index (χ2v) is 3.48. The van der Waals surface area contributed by atoms with Crippen molar-refractivity contribution >= 4 is 17.6 Å². The molecule has 1 atom stereocenters. The van der Waals surface area contributed by atoms with Crippen molar-refractivity contribution < 1.29 is 24.2 Å². The summed E-state index contributed by atoms with van der Waals surface area (Å²) in [6, 6.07) is 4.79. The molecule has 90 valence electrons. The molecular formula is C11H11NO5. The van der Waals surface area contributed by atoms with Crippen LogP contribution in [0.15, 0.2) is 18.2 Å². The number of aliphatic hydroxyl groups excluding tert-OH is 1. The van der Waals surface area contributed by atoms with E-state index in [2.05, 4.69) is 10.1 Å². The minimum atomic E-state index is -1.45. The molecule has 0 bridgehead atoms. The number of rotatable bonds is 2. The van der Waals surface area contributed by atoms with Crippen LogP contribution in [0.1, 0.15) is 11.7 Å². The molecule has 6 heteroatoms. The van der Waals surface area contributed by atoms with Gasteiger partial charge in [0.1, 0.15) is 5.75 Å². The quantitative estimate of drug-likeness (QED) is 0.719. The van der Waals surface area contributed by atoms with Gasteiger partial charge >= 0.3 is 5.97 Å². The number of methoxy groups -OCH3 is 1. The standard InChI is InChI=1S/C11H11NO5/c1-16-11(15)10(14)6-3-2-4-7-9(6)12-8(13)5-17-7/h2-4,10,14H,5H2,1H3,(H,12,13). The molecule has 17 heavy (non-hydrogen) atoms. The van der Waals surface area contributed by atoms with Crippen molar-refractivity contribution in [1.82, 2.24) is 0 Å². The normalized spacial score (nSPS) is 15.3. The van der Waals surface area contributed by atoms with E-state index in [9.17, 15) is 14.7 Å². The number of para-hydroxylation sites is 1. The lowest BCUT2D eigenvalue weighted by atomic mass is 10.1. The highest BCUT2D eigenvalue weighted by Crippen LogP contribution is 2.34. The Morgan fingerprint density at radius 1 is 1.59 bits per heavy atom. The van der Waals surface area contributed by atoms with Gasteiger partial charge in [-0.05, 0) is 6.07 Å². The number of carbonyl (C=O) groups is 2. The number of fused-ring (bicyclic) bond motifs is 1. The van der Waals surface area contributed by atoms with Crippen molar-refractivity contribution in [2.45, 2.75) is 6.10 Å². The summed E-state index contributed by atoms with van der Waals surface area (Å²) >= 11 is 0. The number of ether oxygens (including phenoxy) is 2. The van der Waals surface area contributed by atoms with Crippen molar-refractivity contribution in [3.05, 3.63) is 23.8 Å². The molecule has 0 saturated carbocycles. The number of anilines is 1. The first-order valence-electron chi connectivity index (χ1n) is 4.95. The summed E-state index contributed by atoms with van der Waals surface area (Å²) in [5.41, 5.74) is 0.559. The van der Waals surface area contributed by atoms with Gasteiger partial charge in [-0.3, -0.25) is 4.79 Å². The van der Waals surface area contributed by atoms with E-state index in [1.165, 1.54) is 13.2 Å². The van der Waals surface area contributed by atoms with Crippen LogP contribution in [0.5, 0.6) is 5.75 Å². The topological polar surface area (TPSA) is 84.9 Å². The van der Waals surface area contributed by atoms with Gasteiger partial charge in [0.05, 0.1) is 12.8 Å². The first kappa shape index (κ1) is 11.4. The first-order valence-corrected chi connectivity index (χ1v) is 4.95. The van der Waals surface area contributed by atoms with Crippen LogP contribution in [0, 0.1) is 0 Å². The van der Waals surface area contributed by atoms with E-state index in [1.54, 1.807) is 12.1 Å². The van der Waals surface area contributed by atoms with E-state index < -0.39 is 12.1 Å². The highest BCUT2D eigenvalue weighted by Gasteiger charge is 2.26. The lowest BCUT2D eigenvalue weighted by Crippen LogP contribution is -2.27. The fraction of sp³-hybridized carbons (Fsp3) is 0.273. The molecule has 1 aliphatic rings. The second-order valence-electron chi connectivity index (χ2n) is 3.48. The maximum Gasteiger partial charge on any atom is 0.339 e. The Morgan fingerprint density at radius 2 is 2.35 bits per heavy atom. The highest BCUT2D eigenvalue weighted by atomic mass is 16.5. The molecule has 6 nitrogen and oxygen atoms in total. The summed E-state index contributed by atoms with van der Waals surface area (Å²) < 4.78 is 9.61. The molecule has 1 amide bonds. The van der Waals surface area contributed by atoms with Crippen LogP contribution < -0.4 is 10.1 Å². The maximum atomic E-state index is 11.3. The SMILES string of the molecule is COC(=O)C(O)c1cccc2c1NC(=O)CO2. The molecule has 1 aromatic carbocycles. The molecule has 2 rings (SSSR count). The summed E-state index contributed by atoms with van der Waals surface area (Å²) in [5, 5.41) is 12.3. The van der Waals surface area contributed by atoms with E-state index in [4.69, 9.17) is 4.74 Å². The number of benzene rings is 1. The molecule has 0 spiro atoms. The average Bonchev–Trinajstić information content (AvgIpc) is 2.36. The van der Waals surface area contributed by atoms with Gasteiger partial charge in [0.25, 0.3) is 5.91 Å². The number of aliphatic hydroxyl groups is 1. The van der Waals surface area contributed by atoms with E-state index in [1.807, 2.05) is 0 Å². The molecule has 0 aliphatic carbocycles. The molecular weight excluding hydrogens is 226 g/mol. The van der Waals surface area contributed by atoms with Gasteiger partial charge < -0.3 is 19.9 Å².